The molecule has 206 valence electrons. The minimum atomic E-state index is -0.633. The highest BCUT2D eigenvalue weighted by molar-refractivity contribution is 9.11. The summed E-state index contributed by atoms with van der Waals surface area (Å²) in [7, 11) is 0. The van der Waals surface area contributed by atoms with Gasteiger partial charge < -0.3 is 9.47 Å². The molecular weight excluding hydrogens is 644 g/mol. The lowest BCUT2D eigenvalue weighted by molar-refractivity contribution is -0.139. The fourth-order valence-corrected chi connectivity index (χ4v) is 7.01. The number of carbonyl (C=O) groups excluding carboxylic acids is 1. The average Bonchev–Trinajstić information content (AvgIpc) is 3.20. The summed E-state index contributed by atoms with van der Waals surface area (Å²) in [5.74, 6) is 0.582. The van der Waals surface area contributed by atoms with Crippen molar-refractivity contribution < 1.29 is 14.3 Å². The number of aromatic nitrogens is 1. The van der Waals surface area contributed by atoms with E-state index in [-0.39, 0.29) is 12.2 Å². The molecule has 39 heavy (non-hydrogen) atoms. The lowest BCUT2D eigenvalue weighted by atomic mass is 9.92. The van der Waals surface area contributed by atoms with Gasteiger partial charge in [-0.05, 0) is 71.5 Å². The molecule has 0 unspecified atom stereocenters. The molecule has 9 heteroatoms. The standard InChI is InChI=1S/C30H32Br2N2O4S/c1-6-9-23-25(29(36)38-8-3)26(19-12-10-18(11-13-19)17(4)5)34-28(35)24(39-30(34)33-23)15-20-14-21(31)16-22(32)27(20)37-7-2/h10-17,26H,6-9H2,1-5H3/b24-15-/t26-/m1/s1. The second-order valence-electron chi connectivity index (χ2n) is 9.47. The normalized spacial score (nSPS) is 15.4. The van der Waals surface area contributed by atoms with E-state index in [9.17, 15) is 9.59 Å². The molecule has 0 aliphatic carbocycles. The van der Waals surface area contributed by atoms with Crippen LogP contribution in [0.2, 0.25) is 0 Å². The van der Waals surface area contributed by atoms with Crippen molar-refractivity contribution in [3.05, 3.63) is 93.0 Å². The van der Waals surface area contributed by atoms with Gasteiger partial charge in [-0.3, -0.25) is 9.36 Å². The molecule has 3 aromatic rings. The molecule has 0 radical (unpaired) electrons. The van der Waals surface area contributed by atoms with Crippen LogP contribution in [-0.4, -0.2) is 23.8 Å². The molecule has 0 fully saturated rings. The summed E-state index contributed by atoms with van der Waals surface area (Å²) in [5, 5.41) is 0. The molecule has 4 rings (SSSR count). The summed E-state index contributed by atoms with van der Waals surface area (Å²) in [5.41, 5.74) is 3.67. The van der Waals surface area contributed by atoms with Gasteiger partial charge in [-0.1, -0.05) is 78.7 Å². The molecule has 2 heterocycles. The summed E-state index contributed by atoms with van der Waals surface area (Å²) in [6.45, 7) is 10.7. The molecule has 6 nitrogen and oxygen atoms in total. The van der Waals surface area contributed by atoms with Crippen LogP contribution in [-0.2, 0) is 9.53 Å². The predicted molar refractivity (Wildman–Crippen MR) is 163 cm³/mol. The second kappa shape index (κ2) is 12.8. The molecule has 0 spiro atoms. The van der Waals surface area contributed by atoms with Crippen LogP contribution in [0.25, 0.3) is 6.08 Å². The maximum atomic E-state index is 14.0. The number of ether oxygens (including phenoxy) is 2. The van der Waals surface area contributed by atoms with Crippen LogP contribution in [0.1, 0.15) is 76.1 Å². The number of benzene rings is 2. The predicted octanol–water partition coefficient (Wildman–Crippen LogP) is 6.63. The zero-order valence-electron chi connectivity index (χ0n) is 22.7. The Bertz CT molecular complexity index is 1590. The number of allylic oxidation sites excluding steroid dienone is 1. The highest BCUT2D eigenvalue weighted by atomic mass is 79.9. The fourth-order valence-electron chi connectivity index (χ4n) is 4.62. The van der Waals surface area contributed by atoms with Crippen molar-refractivity contribution in [2.45, 2.75) is 59.4 Å². The minimum absolute atomic E-state index is 0.215. The molecule has 1 aromatic heterocycles. The molecule has 0 amide bonds. The Morgan fingerprint density at radius 2 is 1.85 bits per heavy atom. The molecule has 2 aromatic carbocycles. The Morgan fingerprint density at radius 1 is 1.13 bits per heavy atom. The molecule has 0 saturated carbocycles. The van der Waals surface area contributed by atoms with Gasteiger partial charge in [0.15, 0.2) is 4.80 Å². The lowest BCUT2D eigenvalue weighted by Gasteiger charge is -2.26. The van der Waals surface area contributed by atoms with Gasteiger partial charge in [0.1, 0.15) is 5.75 Å². The number of halogens is 2. The second-order valence-corrected chi connectivity index (χ2v) is 12.3. The molecule has 0 N–H and O–H groups in total. The first-order valence-corrected chi connectivity index (χ1v) is 15.5. The van der Waals surface area contributed by atoms with Crippen molar-refractivity contribution >= 4 is 55.2 Å². The van der Waals surface area contributed by atoms with E-state index in [4.69, 9.17) is 14.5 Å². The topological polar surface area (TPSA) is 69.9 Å². The number of fused-ring (bicyclic) bond motifs is 1. The van der Waals surface area contributed by atoms with Crippen LogP contribution < -0.4 is 19.6 Å². The number of hydrogen-bond donors (Lipinski definition) is 0. The number of nitrogens with zero attached hydrogens (tertiary/aromatic N) is 2. The van der Waals surface area contributed by atoms with Gasteiger partial charge in [0.2, 0.25) is 0 Å². The largest absolute Gasteiger partial charge is 0.492 e. The van der Waals surface area contributed by atoms with E-state index < -0.39 is 12.0 Å². The Labute approximate surface area is 249 Å². The zero-order valence-corrected chi connectivity index (χ0v) is 26.7. The van der Waals surface area contributed by atoms with Crippen molar-refractivity contribution in [1.82, 2.24) is 4.57 Å². The number of esters is 1. The number of carbonyl (C=O) groups is 1. The van der Waals surface area contributed by atoms with Crippen LogP contribution in [0.3, 0.4) is 0 Å². The highest BCUT2D eigenvalue weighted by Crippen LogP contribution is 2.35. The van der Waals surface area contributed by atoms with E-state index in [1.54, 1.807) is 11.5 Å². The van der Waals surface area contributed by atoms with Gasteiger partial charge >= 0.3 is 5.97 Å². The average molecular weight is 676 g/mol. The summed E-state index contributed by atoms with van der Waals surface area (Å²) >= 11 is 8.43. The first-order chi connectivity index (χ1) is 18.7. The SMILES string of the molecule is CCCC1=C(C(=O)OCC)[C@@H](c2ccc(C(C)C)cc2)n2c(s/c(=C\c3cc(Br)cc(Br)c3OCC)c2=O)=N1. The van der Waals surface area contributed by atoms with Crippen LogP contribution in [0.15, 0.2) is 66.4 Å². The Balaban J connectivity index is 2.00. The summed E-state index contributed by atoms with van der Waals surface area (Å²) < 4.78 is 15.2. The minimum Gasteiger partial charge on any atom is -0.492 e. The van der Waals surface area contributed by atoms with Crippen molar-refractivity contribution in [1.29, 1.82) is 0 Å². The first kappa shape index (κ1) is 29.5. The molecule has 0 bridgehead atoms. The van der Waals surface area contributed by atoms with E-state index in [0.717, 1.165) is 26.5 Å². The van der Waals surface area contributed by atoms with E-state index in [0.29, 0.717) is 45.3 Å². The van der Waals surface area contributed by atoms with E-state index in [1.807, 2.05) is 44.2 Å². The van der Waals surface area contributed by atoms with Crippen LogP contribution in [0, 0.1) is 0 Å². The molecule has 1 atom stereocenters. The monoisotopic (exact) mass is 674 g/mol. The number of hydrogen-bond acceptors (Lipinski definition) is 6. The number of thiazole rings is 1. The summed E-state index contributed by atoms with van der Waals surface area (Å²) in [6, 6.07) is 11.3. The Morgan fingerprint density at radius 3 is 2.46 bits per heavy atom. The maximum absolute atomic E-state index is 14.0. The fraction of sp³-hybridized carbons (Fsp3) is 0.367. The smallest absolute Gasteiger partial charge is 0.338 e. The third kappa shape index (κ3) is 6.15. The van der Waals surface area contributed by atoms with Crippen LogP contribution >= 0.6 is 43.2 Å². The van der Waals surface area contributed by atoms with Gasteiger partial charge in [-0.15, -0.1) is 0 Å². The van der Waals surface area contributed by atoms with Crippen molar-refractivity contribution in [2.24, 2.45) is 4.99 Å². The van der Waals surface area contributed by atoms with E-state index >= 15 is 0 Å². The van der Waals surface area contributed by atoms with Crippen LogP contribution in [0.4, 0.5) is 0 Å². The van der Waals surface area contributed by atoms with Gasteiger partial charge in [-0.2, -0.15) is 0 Å². The van der Waals surface area contributed by atoms with Gasteiger partial charge in [-0.25, -0.2) is 9.79 Å². The molecular formula is C30H32Br2N2O4S. The van der Waals surface area contributed by atoms with Crippen molar-refractivity contribution in [2.75, 3.05) is 13.2 Å². The maximum Gasteiger partial charge on any atom is 0.338 e. The Hall–Kier alpha value is -2.49. The van der Waals surface area contributed by atoms with Gasteiger partial charge in [0.25, 0.3) is 5.56 Å². The first-order valence-electron chi connectivity index (χ1n) is 13.1. The molecule has 0 saturated heterocycles. The van der Waals surface area contributed by atoms with Crippen molar-refractivity contribution in [3.63, 3.8) is 0 Å². The zero-order chi connectivity index (χ0) is 28.3. The summed E-state index contributed by atoms with van der Waals surface area (Å²) in [6.07, 6.45) is 3.24. The third-order valence-corrected chi connectivity index (χ3v) is 8.45. The Kier molecular flexibility index (Phi) is 9.67. The lowest BCUT2D eigenvalue weighted by Crippen LogP contribution is -2.40. The van der Waals surface area contributed by atoms with Crippen molar-refractivity contribution in [3.8, 4) is 5.75 Å². The van der Waals surface area contributed by atoms with Gasteiger partial charge in [0, 0.05) is 10.0 Å². The highest BCUT2D eigenvalue weighted by Gasteiger charge is 2.34. The quantitative estimate of drug-likeness (QED) is 0.239. The number of rotatable bonds is 9. The summed E-state index contributed by atoms with van der Waals surface area (Å²) in [4.78, 5) is 32.8. The van der Waals surface area contributed by atoms with E-state index in [2.05, 4.69) is 57.8 Å². The third-order valence-electron chi connectivity index (χ3n) is 6.42. The van der Waals surface area contributed by atoms with Crippen LogP contribution in [0.5, 0.6) is 5.75 Å². The molecule has 1 aliphatic heterocycles. The van der Waals surface area contributed by atoms with E-state index in [1.165, 1.54) is 16.9 Å². The van der Waals surface area contributed by atoms with Gasteiger partial charge in [0.05, 0.1) is 39.5 Å². The molecule has 1 aliphatic rings.